The van der Waals surface area contributed by atoms with Gasteiger partial charge < -0.3 is 10.0 Å². The molecule has 0 saturated heterocycles. The molecule has 0 aromatic heterocycles. The van der Waals surface area contributed by atoms with Gasteiger partial charge in [-0.05, 0) is 54.4 Å². The number of hydrazone groups is 1. The Balaban J connectivity index is 1.59. The number of aromatic hydroxyl groups is 1. The van der Waals surface area contributed by atoms with Crippen molar-refractivity contribution >= 4 is 17.8 Å². The summed E-state index contributed by atoms with van der Waals surface area (Å²) >= 11 is 0. The van der Waals surface area contributed by atoms with Gasteiger partial charge in [0.05, 0.1) is 6.21 Å². The van der Waals surface area contributed by atoms with E-state index in [1.807, 2.05) is 18.2 Å². The Morgan fingerprint density at radius 1 is 1.00 bits per heavy atom. The largest absolute Gasteiger partial charge is 0.508 e. The van der Waals surface area contributed by atoms with Crippen molar-refractivity contribution in [2.45, 2.75) is 13.5 Å². The van der Waals surface area contributed by atoms with Crippen LogP contribution in [0.2, 0.25) is 0 Å². The van der Waals surface area contributed by atoms with Crippen molar-refractivity contribution in [2.75, 3.05) is 11.4 Å². The average molecular weight is 373 g/mol. The number of hydrogen-bond donors (Lipinski definition) is 2. The van der Waals surface area contributed by atoms with Crippen LogP contribution in [0, 0.1) is 0 Å². The van der Waals surface area contributed by atoms with Crippen molar-refractivity contribution in [3.05, 3.63) is 95.6 Å². The number of carbonyl (C=O) groups is 1. The molecule has 2 N–H and O–H groups in total. The van der Waals surface area contributed by atoms with E-state index in [4.69, 9.17) is 0 Å². The number of anilines is 1. The number of phenolic OH excluding ortho intramolecular Hbond substituents is 1. The number of nitrogens with zero attached hydrogens (tertiary/aromatic N) is 2. The second-order valence-corrected chi connectivity index (χ2v) is 6.34. The predicted octanol–water partition coefficient (Wildman–Crippen LogP) is 4.18. The van der Waals surface area contributed by atoms with Crippen LogP contribution >= 0.6 is 0 Å². The summed E-state index contributed by atoms with van der Waals surface area (Å²) in [5.74, 6) is -0.207. The second-order valence-electron chi connectivity index (χ2n) is 6.34. The molecule has 0 unspecified atom stereocenters. The van der Waals surface area contributed by atoms with Gasteiger partial charge in [0.25, 0.3) is 5.91 Å². The summed E-state index contributed by atoms with van der Waals surface area (Å²) in [6.07, 6.45) is 1.61. The molecule has 0 heterocycles. The van der Waals surface area contributed by atoms with Gasteiger partial charge in [-0.1, -0.05) is 42.5 Å². The van der Waals surface area contributed by atoms with Gasteiger partial charge in [-0.3, -0.25) is 4.79 Å². The van der Waals surface area contributed by atoms with Crippen LogP contribution < -0.4 is 10.3 Å². The maximum atomic E-state index is 12.0. The van der Waals surface area contributed by atoms with Gasteiger partial charge >= 0.3 is 0 Å². The minimum Gasteiger partial charge on any atom is -0.508 e. The minimum absolute atomic E-state index is 0.119. The zero-order chi connectivity index (χ0) is 19.8. The maximum Gasteiger partial charge on any atom is 0.271 e. The molecule has 5 nitrogen and oxygen atoms in total. The monoisotopic (exact) mass is 373 g/mol. The van der Waals surface area contributed by atoms with E-state index in [-0.39, 0.29) is 11.7 Å². The van der Waals surface area contributed by atoms with Crippen molar-refractivity contribution in [1.29, 1.82) is 0 Å². The van der Waals surface area contributed by atoms with Gasteiger partial charge in [0, 0.05) is 24.3 Å². The van der Waals surface area contributed by atoms with Crippen LogP contribution in [0.15, 0.2) is 84.0 Å². The summed E-state index contributed by atoms with van der Waals surface area (Å²) in [5.41, 5.74) is 6.22. The standard InChI is InChI=1S/C23H23N3O2/c1-2-26(17-19-6-4-3-5-7-19)21-12-8-18(9-13-21)16-24-25-23(28)20-10-14-22(27)15-11-20/h3-16,27H,2,17H2,1H3,(H,25,28). The van der Waals surface area contributed by atoms with E-state index in [1.165, 1.54) is 17.7 Å². The molecule has 0 aliphatic heterocycles. The number of carbonyl (C=O) groups excluding carboxylic acids is 1. The fourth-order valence-corrected chi connectivity index (χ4v) is 2.80. The molecule has 3 aromatic rings. The van der Waals surface area contributed by atoms with Crippen molar-refractivity contribution < 1.29 is 9.90 Å². The average Bonchev–Trinajstić information content (AvgIpc) is 2.74. The third-order valence-corrected chi connectivity index (χ3v) is 4.37. The number of phenols is 1. The first kappa shape index (κ1) is 19.2. The third kappa shape index (κ3) is 5.20. The Morgan fingerprint density at radius 2 is 1.68 bits per heavy atom. The quantitative estimate of drug-likeness (QED) is 0.482. The summed E-state index contributed by atoms with van der Waals surface area (Å²) in [7, 11) is 0. The summed E-state index contributed by atoms with van der Waals surface area (Å²) in [4.78, 5) is 14.3. The Hall–Kier alpha value is -3.60. The molecule has 0 bridgehead atoms. The molecule has 0 spiro atoms. The normalized spacial score (nSPS) is 10.8. The number of hydrogen-bond acceptors (Lipinski definition) is 4. The molecule has 0 fully saturated rings. The Kier molecular flexibility index (Phi) is 6.41. The lowest BCUT2D eigenvalue weighted by atomic mass is 10.1. The number of nitrogens with one attached hydrogen (secondary N) is 1. The van der Waals surface area contributed by atoms with E-state index < -0.39 is 0 Å². The van der Waals surface area contributed by atoms with Gasteiger partial charge in [-0.25, -0.2) is 5.43 Å². The van der Waals surface area contributed by atoms with Gasteiger partial charge in [0.2, 0.25) is 0 Å². The Labute approximate surface area is 165 Å². The van der Waals surface area contributed by atoms with Gasteiger partial charge in [-0.15, -0.1) is 0 Å². The van der Waals surface area contributed by atoms with Crippen LogP contribution in [-0.4, -0.2) is 23.8 Å². The SMILES string of the molecule is CCN(Cc1ccccc1)c1ccc(C=NNC(=O)c2ccc(O)cc2)cc1. The first-order valence-corrected chi connectivity index (χ1v) is 9.17. The maximum absolute atomic E-state index is 12.0. The highest BCUT2D eigenvalue weighted by molar-refractivity contribution is 5.95. The Bertz CT molecular complexity index is 920. The molecule has 28 heavy (non-hydrogen) atoms. The van der Waals surface area contributed by atoms with E-state index >= 15 is 0 Å². The highest BCUT2D eigenvalue weighted by atomic mass is 16.3. The number of rotatable bonds is 7. The fourth-order valence-electron chi connectivity index (χ4n) is 2.80. The zero-order valence-corrected chi connectivity index (χ0v) is 15.7. The van der Waals surface area contributed by atoms with E-state index in [0.717, 1.165) is 24.3 Å². The summed E-state index contributed by atoms with van der Waals surface area (Å²) < 4.78 is 0. The van der Waals surface area contributed by atoms with Crippen molar-refractivity contribution in [2.24, 2.45) is 5.10 Å². The van der Waals surface area contributed by atoms with Crippen LogP contribution in [-0.2, 0) is 6.54 Å². The van der Waals surface area contributed by atoms with E-state index in [2.05, 4.69) is 58.7 Å². The van der Waals surface area contributed by atoms with Crippen molar-refractivity contribution in [1.82, 2.24) is 5.43 Å². The van der Waals surface area contributed by atoms with Crippen LogP contribution in [0.1, 0.15) is 28.4 Å². The minimum atomic E-state index is -0.326. The molecular weight excluding hydrogens is 350 g/mol. The fraction of sp³-hybridized carbons (Fsp3) is 0.130. The molecule has 0 aliphatic carbocycles. The Morgan fingerprint density at radius 3 is 2.32 bits per heavy atom. The number of amides is 1. The number of benzene rings is 3. The lowest BCUT2D eigenvalue weighted by Gasteiger charge is -2.23. The molecule has 0 saturated carbocycles. The molecule has 0 radical (unpaired) electrons. The highest BCUT2D eigenvalue weighted by Crippen LogP contribution is 2.17. The van der Waals surface area contributed by atoms with E-state index in [0.29, 0.717) is 5.56 Å². The molecule has 0 atom stereocenters. The highest BCUT2D eigenvalue weighted by Gasteiger charge is 2.06. The smallest absolute Gasteiger partial charge is 0.271 e. The second kappa shape index (κ2) is 9.37. The molecular formula is C23H23N3O2. The summed E-state index contributed by atoms with van der Waals surface area (Å²) in [6.45, 7) is 3.90. The molecule has 3 rings (SSSR count). The molecule has 1 amide bonds. The van der Waals surface area contributed by atoms with Gasteiger partial charge in [-0.2, -0.15) is 5.10 Å². The van der Waals surface area contributed by atoms with E-state index in [1.54, 1.807) is 18.3 Å². The lowest BCUT2D eigenvalue weighted by molar-refractivity contribution is 0.0955. The van der Waals surface area contributed by atoms with Gasteiger partial charge in [0.1, 0.15) is 5.75 Å². The summed E-state index contributed by atoms with van der Waals surface area (Å²) in [5, 5.41) is 13.3. The van der Waals surface area contributed by atoms with E-state index in [9.17, 15) is 9.90 Å². The first-order valence-electron chi connectivity index (χ1n) is 9.17. The van der Waals surface area contributed by atoms with Crippen LogP contribution in [0.4, 0.5) is 5.69 Å². The van der Waals surface area contributed by atoms with Crippen LogP contribution in [0.5, 0.6) is 5.75 Å². The third-order valence-electron chi connectivity index (χ3n) is 4.37. The van der Waals surface area contributed by atoms with Crippen molar-refractivity contribution in [3.8, 4) is 5.75 Å². The van der Waals surface area contributed by atoms with Crippen LogP contribution in [0.25, 0.3) is 0 Å². The molecule has 0 aliphatic rings. The van der Waals surface area contributed by atoms with Crippen molar-refractivity contribution in [3.63, 3.8) is 0 Å². The molecule has 5 heteroatoms. The first-order chi connectivity index (χ1) is 13.7. The zero-order valence-electron chi connectivity index (χ0n) is 15.7. The van der Waals surface area contributed by atoms with Gasteiger partial charge in [0.15, 0.2) is 0 Å². The topological polar surface area (TPSA) is 64.9 Å². The molecule has 3 aromatic carbocycles. The lowest BCUT2D eigenvalue weighted by Crippen LogP contribution is -2.21. The summed E-state index contributed by atoms with van der Waals surface area (Å²) in [6, 6.07) is 24.4. The predicted molar refractivity (Wildman–Crippen MR) is 113 cm³/mol. The molecule has 142 valence electrons. The van der Waals surface area contributed by atoms with Crippen LogP contribution in [0.3, 0.4) is 0 Å².